The van der Waals surface area contributed by atoms with Crippen molar-refractivity contribution >= 4 is 21.9 Å². The van der Waals surface area contributed by atoms with Crippen LogP contribution in [-0.4, -0.2) is 26.1 Å². The molecule has 0 spiro atoms. The molecule has 0 amide bonds. The van der Waals surface area contributed by atoms with Crippen molar-refractivity contribution in [1.82, 2.24) is 15.0 Å². The van der Waals surface area contributed by atoms with Gasteiger partial charge in [-0.15, -0.1) is 5.10 Å². The maximum absolute atomic E-state index is 11.0. The SMILES string of the molecule is Cn1nnc(Br)c1C1(C(=O)O)CC1. The van der Waals surface area contributed by atoms with E-state index in [0.717, 1.165) is 0 Å². The van der Waals surface area contributed by atoms with Crippen LogP contribution in [0.25, 0.3) is 0 Å². The maximum Gasteiger partial charge on any atom is 0.315 e. The van der Waals surface area contributed by atoms with Gasteiger partial charge in [0.1, 0.15) is 5.41 Å². The highest BCUT2D eigenvalue weighted by Crippen LogP contribution is 2.49. The molecule has 2 rings (SSSR count). The van der Waals surface area contributed by atoms with Crippen molar-refractivity contribution in [2.75, 3.05) is 0 Å². The summed E-state index contributed by atoms with van der Waals surface area (Å²) >= 11 is 3.20. The lowest BCUT2D eigenvalue weighted by atomic mass is 10.0. The topological polar surface area (TPSA) is 68.0 Å². The fraction of sp³-hybridized carbons (Fsp3) is 0.571. The number of carbonyl (C=O) groups is 1. The van der Waals surface area contributed by atoms with E-state index in [1.807, 2.05) is 0 Å². The number of carboxylic acids is 1. The van der Waals surface area contributed by atoms with Gasteiger partial charge in [-0.1, -0.05) is 5.21 Å². The molecule has 1 saturated carbocycles. The number of rotatable bonds is 2. The number of halogens is 1. The Labute approximate surface area is 82.9 Å². The van der Waals surface area contributed by atoms with Crippen molar-refractivity contribution in [3.8, 4) is 0 Å². The number of aromatic nitrogens is 3. The van der Waals surface area contributed by atoms with Crippen LogP contribution in [0.2, 0.25) is 0 Å². The number of hydrogen-bond donors (Lipinski definition) is 1. The Bertz CT molecular complexity index is 350. The highest BCUT2D eigenvalue weighted by atomic mass is 79.9. The van der Waals surface area contributed by atoms with Crippen LogP contribution >= 0.6 is 15.9 Å². The van der Waals surface area contributed by atoms with Crippen LogP contribution in [0, 0.1) is 0 Å². The Morgan fingerprint density at radius 2 is 2.31 bits per heavy atom. The van der Waals surface area contributed by atoms with E-state index in [2.05, 4.69) is 26.2 Å². The van der Waals surface area contributed by atoms with E-state index in [4.69, 9.17) is 5.11 Å². The predicted octanol–water partition coefficient (Wildman–Crippen LogP) is 0.694. The predicted molar refractivity (Wildman–Crippen MR) is 47.3 cm³/mol. The molecule has 0 aromatic carbocycles. The smallest absolute Gasteiger partial charge is 0.315 e. The first kappa shape index (κ1) is 8.68. The number of aliphatic carboxylic acids is 1. The Balaban J connectivity index is 2.51. The van der Waals surface area contributed by atoms with Gasteiger partial charge >= 0.3 is 5.97 Å². The molecule has 1 aliphatic carbocycles. The monoisotopic (exact) mass is 245 g/mol. The van der Waals surface area contributed by atoms with Crippen LogP contribution in [-0.2, 0) is 17.3 Å². The van der Waals surface area contributed by atoms with E-state index in [-0.39, 0.29) is 0 Å². The molecule has 1 fully saturated rings. The van der Waals surface area contributed by atoms with Crippen LogP contribution in [0.5, 0.6) is 0 Å². The third kappa shape index (κ3) is 1.08. The summed E-state index contributed by atoms with van der Waals surface area (Å²) in [5, 5.41) is 16.6. The average molecular weight is 246 g/mol. The Kier molecular flexibility index (Phi) is 1.69. The Hall–Kier alpha value is -0.910. The molecule has 1 aromatic heterocycles. The van der Waals surface area contributed by atoms with Gasteiger partial charge < -0.3 is 5.11 Å². The zero-order chi connectivity index (χ0) is 9.64. The quantitative estimate of drug-likeness (QED) is 0.833. The van der Waals surface area contributed by atoms with Crippen LogP contribution < -0.4 is 0 Å². The summed E-state index contributed by atoms with van der Waals surface area (Å²) in [6.45, 7) is 0. The first-order valence-corrected chi connectivity index (χ1v) is 4.66. The van der Waals surface area contributed by atoms with Crippen LogP contribution in [0.4, 0.5) is 0 Å². The molecule has 13 heavy (non-hydrogen) atoms. The summed E-state index contributed by atoms with van der Waals surface area (Å²) < 4.78 is 2.06. The molecule has 0 aliphatic heterocycles. The molecule has 0 atom stereocenters. The summed E-state index contributed by atoms with van der Waals surface area (Å²) in [5.41, 5.74) is -0.0723. The van der Waals surface area contributed by atoms with E-state index in [0.29, 0.717) is 23.1 Å². The minimum Gasteiger partial charge on any atom is -0.481 e. The summed E-state index contributed by atoms with van der Waals surface area (Å²) in [7, 11) is 1.70. The second-order valence-electron chi connectivity index (χ2n) is 3.24. The van der Waals surface area contributed by atoms with Crippen molar-refractivity contribution in [3.05, 3.63) is 10.3 Å². The number of nitrogens with zero attached hydrogens (tertiary/aromatic N) is 3. The third-order valence-corrected chi connectivity index (χ3v) is 2.93. The first-order chi connectivity index (χ1) is 6.08. The molecule has 1 heterocycles. The summed E-state index contributed by atoms with van der Waals surface area (Å²) in [4.78, 5) is 11.0. The largest absolute Gasteiger partial charge is 0.481 e. The molecular formula is C7H8BrN3O2. The fourth-order valence-corrected chi connectivity index (χ4v) is 2.22. The lowest BCUT2D eigenvalue weighted by Gasteiger charge is -2.08. The van der Waals surface area contributed by atoms with Crippen molar-refractivity contribution < 1.29 is 9.90 Å². The van der Waals surface area contributed by atoms with E-state index in [9.17, 15) is 4.79 Å². The third-order valence-electron chi connectivity index (χ3n) is 2.40. The van der Waals surface area contributed by atoms with Gasteiger partial charge in [-0.25, -0.2) is 0 Å². The first-order valence-electron chi connectivity index (χ1n) is 3.87. The fourth-order valence-electron chi connectivity index (χ4n) is 1.52. The van der Waals surface area contributed by atoms with Gasteiger partial charge in [0, 0.05) is 7.05 Å². The van der Waals surface area contributed by atoms with Gasteiger partial charge in [0.15, 0.2) is 4.60 Å². The van der Waals surface area contributed by atoms with Gasteiger partial charge in [0.2, 0.25) is 0 Å². The molecule has 1 N–H and O–H groups in total. The minimum atomic E-state index is -0.793. The van der Waals surface area contributed by atoms with Crippen LogP contribution in [0.3, 0.4) is 0 Å². The highest BCUT2D eigenvalue weighted by Gasteiger charge is 2.55. The van der Waals surface area contributed by atoms with Gasteiger partial charge in [0.05, 0.1) is 5.69 Å². The lowest BCUT2D eigenvalue weighted by molar-refractivity contribution is -0.140. The molecule has 70 valence electrons. The summed E-state index contributed by atoms with van der Waals surface area (Å²) in [5.74, 6) is -0.793. The normalized spacial score (nSPS) is 18.6. The molecule has 0 radical (unpaired) electrons. The highest BCUT2D eigenvalue weighted by molar-refractivity contribution is 9.10. The molecule has 0 unspecified atom stereocenters. The van der Waals surface area contributed by atoms with Gasteiger partial charge in [-0.3, -0.25) is 9.48 Å². The second-order valence-corrected chi connectivity index (χ2v) is 3.99. The Morgan fingerprint density at radius 3 is 2.62 bits per heavy atom. The van der Waals surface area contributed by atoms with E-state index in [1.54, 1.807) is 7.05 Å². The maximum atomic E-state index is 11.0. The average Bonchev–Trinajstić information content (AvgIpc) is 2.77. The van der Waals surface area contributed by atoms with Gasteiger partial charge in [-0.2, -0.15) is 0 Å². The zero-order valence-electron chi connectivity index (χ0n) is 6.99. The van der Waals surface area contributed by atoms with E-state index >= 15 is 0 Å². The molecule has 1 aromatic rings. The van der Waals surface area contributed by atoms with E-state index in [1.165, 1.54) is 4.68 Å². The van der Waals surface area contributed by atoms with E-state index < -0.39 is 11.4 Å². The van der Waals surface area contributed by atoms with Crippen molar-refractivity contribution in [2.24, 2.45) is 7.05 Å². The van der Waals surface area contributed by atoms with Crippen LogP contribution in [0.1, 0.15) is 18.5 Å². The number of hydrogen-bond acceptors (Lipinski definition) is 3. The number of carboxylic acid groups (broad SMARTS) is 1. The zero-order valence-corrected chi connectivity index (χ0v) is 8.58. The summed E-state index contributed by atoms with van der Waals surface area (Å²) in [6.07, 6.45) is 1.34. The molecular weight excluding hydrogens is 238 g/mol. The molecule has 6 heteroatoms. The van der Waals surface area contributed by atoms with Crippen molar-refractivity contribution in [3.63, 3.8) is 0 Å². The minimum absolute atomic E-state index is 0.537. The lowest BCUT2D eigenvalue weighted by Crippen LogP contribution is -2.23. The molecule has 0 bridgehead atoms. The molecule has 5 nitrogen and oxygen atoms in total. The van der Waals surface area contributed by atoms with Crippen molar-refractivity contribution in [2.45, 2.75) is 18.3 Å². The van der Waals surface area contributed by atoms with Crippen LogP contribution in [0.15, 0.2) is 4.60 Å². The van der Waals surface area contributed by atoms with Crippen molar-refractivity contribution in [1.29, 1.82) is 0 Å². The molecule has 1 aliphatic rings. The standard InChI is InChI=1S/C7H8BrN3O2/c1-11-4(5(8)9-10-11)7(2-3-7)6(12)13/h2-3H2,1H3,(H,12,13). The Morgan fingerprint density at radius 1 is 1.69 bits per heavy atom. The van der Waals surface area contributed by atoms with Gasteiger partial charge in [-0.05, 0) is 28.8 Å². The second kappa shape index (κ2) is 2.54. The summed E-state index contributed by atoms with van der Waals surface area (Å²) in [6, 6.07) is 0. The van der Waals surface area contributed by atoms with Gasteiger partial charge in [0.25, 0.3) is 0 Å². The number of aryl methyl sites for hydroxylation is 1. The molecule has 0 saturated heterocycles.